The summed E-state index contributed by atoms with van der Waals surface area (Å²) < 4.78 is 6.63. The molecule has 0 spiro atoms. The van der Waals surface area contributed by atoms with Crippen LogP contribution in [0.25, 0.3) is 0 Å². The van der Waals surface area contributed by atoms with Crippen molar-refractivity contribution in [2.45, 2.75) is 19.6 Å². The molecule has 0 aliphatic heterocycles. The van der Waals surface area contributed by atoms with Gasteiger partial charge in [0.25, 0.3) is 0 Å². The summed E-state index contributed by atoms with van der Waals surface area (Å²) in [5, 5.41) is 10.2. The van der Waals surface area contributed by atoms with E-state index in [1.807, 2.05) is 42.5 Å². The topological polar surface area (TPSA) is 29.5 Å². The van der Waals surface area contributed by atoms with Crippen LogP contribution in [-0.4, -0.2) is 5.11 Å². The van der Waals surface area contributed by atoms with Crippen LogP contribution in [0.15, 0.2) is 46.9 Å². The molecule has 0 amide bonds. The number of rotatable bonds is 4. The van der Waals surface area contributed by atoms with Crippen molar-refractivity contribution in [3.05, 3.63) is 63.1 Å². The molecule has 0 radical (unpaired) electrons. The van der Waals surface area contributed by atoms with Crippen molar-refractivity contribution in [3.8, 4) is 5.75 Å². The summed E-state index contributed by atoms with van der Waals surface area (Å²) in [7, 11) is 0. The van der Waals surface area contributed by atoms with Gasteiger partial charge in [-0.2, -0.15) is 0 Å². The first-order valence-corrected chi connectivity index (χ1v) is 7.08. The summed E-state index contributed by atoms with van der Waals surface area (Å²) >= 11 is 9.49. The molecule has 2 aromatic rings. The molecule has 0 heterocycles. The molecule has 1 unspecified atom stereocenters. The minimum atomic E-state index is -0.500. The lowest BCUT2D eigenvalue weighted by Gasteiger charge is -2.10. The van der Waals surface area contributed by atoms with Crippen LogP contribution in [0.2, 0.25) is 5.02 Å². The second-order valence-electron chi connectivity index (χ2n) is 4.27. The normalized spacial score (nSPS) is 12.2. The zero-order valence-corrected chi connectivity index (χ0v) is 12.8. The molecule has 19 heavy (non-hydrogen) atoms. The van der Waals surface area contributed by atoms with E-state index in [1.54, 1.807) is 6.92 Å². The molecule has 0 saturated heterocycles. The Morgan fingerprint density at radius 2 is 2.05 bits per heavy atom. The summed E-state index contributed by atoms with van der Waals surface area (Å²) in [5.74, 6) is 0.720. The van der Waals surface area contributed by atoms with E-state index in [4.69, 9.17) is 16.3 Å². The quantitative estimate of drug-likeness (QED) is 0.870. The van der Waals surface area contributed by atoms with Crippen molar-refractivity contribution in [2.75, 3.05) is 0 Å². The summed E-state index contributed by atoms with van der Waals surface area (Å²) in [6.45, 7) is 2.13. The fourth-order valence-corrected chi connectivity index (χ4v) is 2.39. The molecular weight excluding hydrogens is 328 g/mol. The Morgan fingerprint density at radius 3 is 2.74 bits per heavy atom. The third-order valence-corrected chi connectivity index (χ3v) is 3.60. The molecule has 0 saturated carbocycles. The predicted octanol–water partition coefficient (Wildman–Crippen LogP) is 4.73. The van der Waals surface area contributed by atoms with Gasteiger partial charge < -0.3 is 9.84 Å². The van der Waals surface area contributed by atoms with Gasteiger partial charge in [-0.05, 0) is 36.8 Å². The average Bonchev–Trinajstić information content (AvgIpc) is 2.38. The van der Waals surface area contributed by atoms with Gasteiger partial charge in [0.05, 0.1) is 6.10 Å². The summed E-state index contributed by atoms with van der Waals surface area (Å²) in [6, 6.07) is 13.1. The van der Waals surface area contributed by atoms with E-state index in [2.05, 4.69) is 15.9 Å². The Labute approximate surface area is 126 Å². The molecule has 2 aromatic carbocycles. The van der Waals surface area contributed by atoms with Gasteiger partial charge in [0.15, 0.2) is 0 Å². The van der Waals surface area contributed by atoms with E-state index in [0.29, 0.717) is 11.6 Å². The van der Waals surface area contributed by atoms with Crippen molar-refractivity contribution in [1.29, 1.82) is 0 Å². The summed E-state index contributed by atoms with van der Waals surface area (Å²) in [5.41, 5.74) is 1.76. The molecule has 0 fully saturated rings. The third-order valence-electron chi connectivity index (χ3n) is 2.75. The van der Waals surface area contributed by atoms with Gasteiger partial charge in [-0.1, -0.05) is 45.7 Å². The maximum atomic E-state index is 9.53. The van der Waals surface area contributed by atoms with Gasteiger partial charge in [0.2, 0.25) is 0 Å². The number of hydrogen-bond donors (Lipinski definition) is 1. The van der Waals surface area contributed by atoms with E-state index < -0.39 is 6.10 Å². The van der Waals surface area contributed by atoms with Crippen LogP contribution < -0.4 is 4.74 Å². The molecule has 0 bridgehead atoms. The second-order valence-corrected chi connectivity index (χ2v) is 5.60. The molecular formula is C15H14BrClO2. The lowest BCUT2D eigenvalue weighted by Crippen LogP contribution is -1.98. The van der Waals surface area contributed by atoms with Crippen LogP contribution in [-0.2, 0) is 6.61 Å². The molecule has 0 aromatic heterocycles. The van der Waals surface area contributed by atoms with E-state index in [-0.39, 0.29) is 0 Å². The highest BCUT2D eigenvalue weighted by Gasteiger charge is 2.05. The average molecular weight is 342 g/mol. The van der Waals surface area contributed by atoms with Gasteiger partial charge in [-0.15, -0.1) is 0 Å². The van der Waals surface area contributed by atoms with Crippen LogP contribution in [0, 0.1) is 0 Å². The first-order chi connectivity index (χ1) is 9.06. The Kier molecular flexibility index (Phi) is 4.86. The number of ether oxygens (including phenoxy) is 1. The van der Waals surface area contributed by atoms with Crippen LogP contribution in [0.3, 0.4) is 0 Å². The van der Waals surface area contributed by atoms with E-state index >= 15 is 0 Å². The fraction of sp³-hybridized carbons (Fsp3) is 0.200. The monoisotopic (exact) mass is 340 g/mol. The molecule has 2 rings (SSSR count). The molecule has 4 heteroatoms. The minimum Gasteiger partial charge on any atom is -0.489 e. The second kappa shape index (κ2) is 6.42. The highest BCUT2D eigenvalue weighted by Crippen LogP contribution is 2.24. The number of benzene rings is 2. The van der Waals surface area contributed by atoms with Crippen molar-refractivity contribution in [3.63, 3.8) is 0 Å². The van der Waals surface area contributed by atoms with Crippen LogP contribution in [0.5, 0.6) is 5.75 Å². The number of aliphatic hydroxyl groups excluding tert-OH is 1. The predicted molar refractivity (Wildman–Crippen MR) is 80.6 cm³/mol. The molecule has 0 aliphatic carbocycles. The number of aliphatic hydroxyl groups is 1. The molecule has 2 nitrogen and oxygen atoms in total. The Bertz CT molecular complexity index is 570. The maximum Gasteiger partial charge on any atom is 0.120 e. The van der Waals surface area contributed by atoms with Gasteiger partial charge in [0.1, 0.15) is 12.4 Å². The lowest BCUT2D eigenvalue weighted by molar-refractivity contribution is 0.198. The lowest BCUT2D eigenvalue weighted by atomic mass is 10.1. The first kappa shape index (κ1) is 14.4. The number of halogens is 2. The van der Waals surface area contributed by atoms with Gasteiger partial charge >= 0.3 is 0 Å². The van der Waals surface area contributed by atoms with Crippen molar-refractivity contribution < 1.29 is 9.84 Å². The minimum absolute atomic E-state index is 0.398. The third kappa shape index (κ3) is 3.96. The van der Waals surface area contributed by atoms with E-state index in [0.717, 1.165) is 21.3 Å². The molecule has 100 valence electrons. The number of hydrogen-bond acceptors (Lipinski definition) is 2. The highest BCUT2D eigenvalue weighted by molar-refractivity contribution is 9.10. The summed E-state index contributed by atoms with van der Waals surface area (Å²) in [6.07, 6.45) is -0.500. The largest absolute Gasteiger partial charge is 0.489 e. The SMILES string of the molecule is CC(O)c1cccc(OCc2ccc(Br)cc2Cl)c1. The van der Waals surface area contributed by atoms with E-state index in [9.17, 15) is 5.11 Å². The zero-order chi connectivity index (χ0) is 13.8. The standard InChI is InChI=1S/C15H14BrClO2/c1-10(18)11-3-2-4-14(7-11)19-9-12-5-6-13(16)8-15(12)17/h2-8,10,18H,9H2,1H3. The molecule has 1 N–H and O–H groups in total. The summed E-state index contributed by atoms with van der Waals surface area (Å²) in [4.78, 5) is 0. The maximum absolute atomic E-state index is 9.53. The van der Waals surface area contributed by atoms with Crippen molar-refractivity contribution in [2.24, 2.45) is 0 Å². The first-order valence-electron chi connectivity index (χ1n) is 5.91. The Balaban J connectivity index is 2.08. The fourth-order valence-electron chi connectivity index (χ4n) is 1.66. The van der Waals surface area contributed by atoms with Gasteiger partial charge in [-0.3, -0.25) is 0 Å². The Hall–Kier alpha value is -1.03. The van der Waals surface area contributed by atoms with Crippen LogP contribution in [0.4, 0.5) is 0 Å². The van der Waals surface area contributed by atoms with Crippen molar-refractivity contribution in [1.82, 2.24) is 0 Å². The molecule has 1 atom stereocenters. The zero-order valence-electron chi connectivity index (χ0n) is 10.4. The van der Waals surface area contributed by atoms with Crippen molar-refractivity contribution >= 4 is 27.5 Å². The van der Waals surface area contributed by atoms with Gasteiger partial charge in [-0.25, -0.2) is 0 Å². The van der Waals surface area contributed by atoms with Gasteiger partial charge in [0, 0.05) is 15.1 Å². The Morgan fingerprint density at radius 1 is 1.26 bits per heavy atom. The van der Waals surface area contributed by atoms with E-state index in [1.165, 1.54) is 0 Å². The van der Waals surface area contributed by atoms with Crippen LogP contribution >= 0.6 is 27.5 Å². The molecule has 0 aliphatic rings. The smallest absolute Gasteiger partial charge is 0.120 e. The highest BCUT2D eigenvalue weighted by atomic mass is 79.9. The van der Waals surface area contributed by atoms with Crippen LogP contribution in [0.1, 0.15) is 24.2 Å².